The number of primary amides is 1. The molecule has 5 heteroatoms. The van der Waals surface area contributed by atoms with Gasteiger partial charge in [-0.1, -0.05) is 13.0 Å². The number of hydrogen-bond donors (Lipinski definition) is 3. The molecule has 0 aliphatic rings. The topological polar surface area (TPSA) is 81.1 Å². The Morgan fingerprint density at radius 1 is 1.37 bits per heavy atom. The molecule has 0 aliphatic heterocycles. The molecule has 100 valence electrons. The number of aryl methyl sites for hydroxylation is 1. The van der Waals surface area contributed by atoms with Crippen LogP contribution in [0.2, 0.25) is 0 Å². The van der Waals surface area contributed by atoms with Crippen LogP contribution >= 0.6 is 11.3 Å². The first kappa shape index (κ1) is 13.4. The van der Waals surface area contributed by atoms with Crippen LogP contribution in [0.1, 0.15) is 27.7 Å². The number of hydrogen-bond acceptors (Lipinski definition) is 4. The van der Waals surface area contributed by atoms with Crippen molar-refractivity contribution in [1.82, 2.24) is 0 Å². The van der Waals surface area contributed by atoms with Gasteiger partial charge in [0.1, 0.15) is 0 Å². The van der Waals surface area contributed by atoms with Crippen LogP contribution in [-0.2, 0) is 13.0 Å². The maximum atomic E-state index is 11.2. The number of nitrogens with two attached hydrogens (primary N) is 2. The van der Waals surface area contributed by atoms with Gasteiger partial charge in [0.2, 0.25) is 0 Å². The van der Waals surface area contributed by atoms with E-state index in [0.717, 1.165) is 12.1 Å². The monoisotopic (exact) mass is 275 g/mol. The molecule has 1 aromatic heterocycles. The lowest BCUT2D eigenvalue weighted by atomic mass is 10.1. The maximum absolute atomic E-state index is 11.2. The number of rotatable bonds is 5. The van der Waals surface area contributed by atoms with Gasteiger partial charge in [0.25, 0.3) is 5.91 Å². The molecule has 2 aromatic rings. The zero-order valence-corrected chi connectivity index (χ0v) is 11.6. The summed E-state index contributed by atoms with van der Waals surface area (Å²) < 4.78 is 0. The van der Waals surface area contributed by atoms with Gasteiger partial charge < -0.3 is 16.8 Å². The van der Waals surface area contributed by atoms with Crippen molar-refractivity contribution < 1.29 is 4.79 Å². The summed E-state index contributed by atoms with van der Waals surface area (Å²) in [5, 5.41) is 5.35. The first-order chi connectivity index (χ1) is 9.13. The molecular formula is C14H17N3OS. The first-order valence-electron chi connectivity index (χ1n) is 6.11. The highest BCUT2D eigenvalue weighted by molar-refractivity contribution is 7.10. The smallest absolute Gasteiger partial charge is 0.250 e. The molecule has 0 radical (unpaired) electrons. The average Bonchev–Trinajstić information content (AvgIpc) is 2.84. The summed E-state index contributed by atoms with van der Waals surface area (Å²) in [6, 6.07) is 7.38. The van der Waals surface area contributed by atoms with E-state index in [1.165, 1.54) is 10.4 Å². The zero-order valence-electron chi connectivity index (χ0n) is 10.8. The summed E-state index contributed by atoms with van der Waals surface area (Å²) >= 11 is 1.71. The minimum atomic E-state index is -0.508. The minimum absolute atomic E-state index is 0.354. The van der Waals surface area contributed by atoms with E-state index in [1.807, 2.05) is 6.07 Å². The molecule has 0 saturated heterocycles. The summed E-state index contributed by atoms with van der Waals surface area (Å²) in [7, 11) is 0. The molecule has 2 rings (SSSR count). The van der Waals surface area contributed by atoms with E-state index in [1.54, 1.807) is 23.5 Å². The van der Waals surface area contributed by atoms with Gasteiger partial charge in [-0.2, -0.15) is 0 Å². The standard InChI is InChI=1S/C14H17N3OS/c1-2-9-6-7-19-12(9)8-17-11-5-3-4-10(13(11)15)14(16)18/h3-7,17H,2,8,15H2,1H3,(H2,16,18). The second-order valence-corrected chi connectivity index (χ2v) is 5.21. The third-order valence-electron chi connectivity index (χ3n) is 3.03. The Hall–Kier alpha value is -2.01. The number of carbonyl (C=O) groups excluding carboxylic acids is 1. The normalized spacial score (nSPS) is 10.4. The number of nitrogen functional groups attached to an aromatic ring is 1. The molecule has 1 aromatic carbocycles. The van der Waals surface area contributed by atoms with Gasteiger partial charge in [-0.15, -0.1) is 11.3 Å². The first-order valence-corrected chi connectivity index (χ1v) is 6.98. The van der Waals surface area contributed by atoms with Crippen molar-refractivity contribution in [3.05, 3.63) is 45.6 Å². The van der Waals surface area contributed by atoms with Crippen LogP contribution in [0.5, 0.6) is 0 Å². The number of carbonyl (C=O) groups is 1. The third kappa shape index (κ3) is 2.88. The second kappa shape index (κ2) is 5.75. The molecule has 0 unspecified atom stereocenters. The number of amides is 1. The summed E-state index contributed by atoms with van der Waals surface area (Å²) in [5.74, 6) is -0.508. The second-order valence-electron chi connectivity index (χ2n) is 4.21. The molecule has 1 amide bonds. The molecule has 0 atom stereocenters. The summed E-state index contributed by atoms with van der Waals surface area (Å²) in [4.78, 5) is 12.5. The van der Waals surface area contributed by atoms with Crippen LogP contribution in [0.3, 0.4) is 0 Å². The molecule has 0 aliphatic carbocycles. The van der Waals surface area contributed by atoms with Crippen LogP contribution < -0.4 is 16.8 Å². The van der Waals surface area contributed by atoms with Gasteiger partial charge in [-0.05, 0) is 35.6 Å². The highest BCUT2D eigenvalue weighted by atomic mass is 32.1. The Morgan fingerprint density at radius 2 is 2.16 bits per heavy atom. The van der Waals surface area contributed by atoms with Gasteiger partial charge in [-0.25, -0.2) is 0 Å². The molecule has 5 N–H and O–H groups in total. The SMILES string of the molecule is CCc1ccsc1CNc1cccc(C(N)=O)c1N. The number of para-hydroxylation sites is 1. The van der Waals surface area contributed by atoms with Crippen LogP contribution in [-0.4, -0.2) is 5.91 Å². The fourth-order valence-corrected chi connectivity index (χ4v) is 2.86. The van der Waals surface area contributed by atoms with Gasteiger partial charge in [0.15, 0.2) is 0 Å². The largest absolute Gasteiger partial charge is 0.396 e. The van der Waals surface area contributed by atoms with Crippen molar-refractivity contribution >= 4 is 28.6 Å². The van der Waals surface area contributed by atoms with E-state index in [-0.39, 0.29) is 0 Å². The Bertz CT molecular complexity index is 592. The van der Waals surface area contributed by atoms with Gasteiger partial charge in [0.05, 0.1) is 16.9 Å². The van der Waals surface area contributed by atoms with E-state index in [9.17, 15) is 4.79 Å². The number of anilines is 2. The maximum Gasteiger partial charge on any atom is 0.250 e. The van der Waals surface area contributed by atoms with Crippen LogP contribution in [0, 0.1) is 0 Å². The fraction of sp³-hybridized carbons (Fsp3) is 0.214. The molecule has 0 fully saturated rings. The molecule has 1 heterocycles. The quantitative estimate of drug-likeness (QED) is 0.734. The lowest BCUT2D eigenvalue weighted by Crippen LogP contribution is -2.14. The Labute approximate surface area is 116 Å². The molecule has 19 heavy (non-hydrogen) atoms. The Kier molecular flexibility index (Phi) is 4.06. The van der Waals surface area contributed by atoms with Gasteiger partial charge in [0, 0.05) is 11.4 Å². The zero-order chi connectivity index (χ0) is 13.8. The van der Waals surface area contributed by atoms with Crippen LogP contribution in [0.15, 0.2) is 29.6 Å². The highest BCUT2D eigenvalue weighted by Gasteiger charge is 2.10. The van der Waals surface area contributed by atoms with Crippen molar-refractivity contribution in [1.29, 1.82) is 0 Å². The van der Waals surface area contributed by atoms with E-state index >= 15 is 0 Å². The molecule has 4 nitrogen and oxygen atoms in total. The summed E-state index contributed by atoms with van der Waals surface area (Å²) in [6.45, 7) is 2.83. The molecular weight excluding hydrogens is 258 g/mol. The van der Waals surface area contributed by atoms with Gasteiger partial charge >= 0.3 is 0 Å². The fourth-order valence-electron chi connectivity index (χ4n) is 1.95. The van der Waals surface area contributed by atoms with Gasteiger partial charge in [-0.3, -0.25) is 4.79 Å². The number of benzene rings is 1. The molecule has 0 saturated carbocycles. The summed E-state index contributed by atoms with van der Waals surface area (Å²) in [6.07, 6.45) is 1.01. The predicted octanol–water partition coefficient (Wildman–Crippen LogP) is 2.60. The highest BCUT2D eigenvalue weighted by Crippen LogP contribution is 2.25. The summed E-state index contributed by atoms with van der Waals surface area (Å²) in [5.41, 5.74) is 14.0. The number of thiophene rings is 1. The minimum Gasteiger partial charge on any atom is -0.396 e. The van der Waals surface area contributed by atoms with E-state index in [4.69, 9.17) is 11.5 Å². The molecule has 0 spiro atoms. The van der Waals surface area contributed by atoms with E-state index < -0.39 is 5.91 Å². The lowest BCUT2D eigenvalue weighted by Gasteiger charge is -2.11. The van der Waals surface area contributed by atoms with Crippen molar-refractivity contribution in [2.75, 3.05) is 11.1 Å². The predicted molar refractivity (Wildman–Crippen MR) is 80.4 cm³/mol. The van der Waals surface area contributed by atoms with Crippen LogP contribution in [0.25, 0.3) is 0 Å². The average molecular weight is 275 g/mol. The van der Waals surface area contributed by atoms with Crippen LogP contribution in [0.4, 0.5) is 11.4 Å². The van der Waals surface area contributed by atoms with E-state index in [0.29, 0.717) is 17.8 Å². The number of nitrogens with one attached hydrogen (secondary N) is 1. The van der Waals surface area contributed by atoms with E-state index in [2.05, 4.69) is 23.7 Å². The third-order valence-corrected chi connectivity index (χ3v) is 3.99. The van der Waals surface area contributed by atoms with Crippen molar-refractivity contribution in [2.24, 2.45) is 5.73 Å². The van der Waals surface area contributed by atoms with Crippen molar-refractivity contribution in [3.63, 3.8) is 0 Å². The lowest BCUT2D eigenvalue weighted by molar-refractivity contribution is 0.100. The van der Waals surface area contributed by atoms with Crippen molar-refractivity contribution in [3.8, 4) is 0 Å². The van der Waals surface area contributed by atoms with Crippen molar-refractivity contribution in [2.45, 2.75) is 19.9 Å². The molecule has 0 bridgehead atoms. The Morgan fingerprint density at radius 3 is 2.84 bits per heavy atom. The Balaban J connectivity index is 2.16.